The second-order valence-corrected chi connectivity index (χ2v) is 9.24. The zero-order valence-electron chi connectivity index (χ0n) is 18.9. The second-order valence-electron chi connectivity index (χ2n) is 7.86. The lowest BCUT2D eigenvalue weighted by Gasteiger charge is -2.17. The van der Waals surface area contributed by atoms with Gasteiger partial charge in [0, 0.05) is 6.42 Å². The van der Waals surface area contributed by atoms with Gasteiger partial charge in [-0.1, -0.05) is 6.07 Å². The average Bonchev–Trinajstić information content (AvgIpc) is 3.39. The Morgan fingerprint density at radius 3 is 2.78 bits per heavy atom. The molecule has 1 saturated heterocycles. The lowest BCUT2D eigenvalue weighted by Crippen LogP contribution is -2.33. The minimum absolute atomic E-state index is 0.0700. The van der Waals surface area contributed by atoms with Crippen molar-refractivity contribution in [2.75, 3.05) is 19.5 Å². The number of aromatic hydroxyl groups is 1. The van der Waals surface area contributed by atoms with E-state index >= 15 is 0 Å². The van der Waals surface area contributed by atoms with Gasteiger partial charge >= 0.3 is 13.8 Å². The zero-order chi connectivity index (χ0) is 26.0. The fourth-order valence-corrected chi connectivity index (χ4v) is 4.38. The predicted molar refractivity (Wildman–Crippen MR) is 121 cm³/mol. The van der Waals surface area contributed by atoms with Crippen LogP contribution in [-0.2, 0) is 29.6 Å². The number of hydrogen-bond donors (Lipinski definition) is 5. The van der Waals surface area contributed by atoms with Crippen molar-refractivity contribution < 1.29 is 48.1 Å². The van der Waals surface area contributed by atoms with Crippen molar-refractivity contribution in [2.45, 2.75) is 37.4 Å². The largest absolute Gasteiger partial charge is 0.529 e. The molecule has 0 spiro atoms. The SMILES string of the molecule is COc1cc(CCC(=O)OP(=O)(O)OC[C@H]2O[C@@H](n3cnc4c(N)ncnc43)[C@H](O)[C@@H]2O)ccc1O. The molecule has 3 aromatic rings. The van der Waals surface area contributed by atoms with Crippen molar-refractivity contribution in [3.63, 3.8) is 0 Å². The summed E-state index contributed by atoms with van der Waals surface area (Å²) in [5.41, 5.74) is 6.88. The van der Waals surface area contributed by atoms with Crippen LogP contribution in [0.2, 0.25) is 0 Å². The van der Waals surface area contributed by atoms with Crippen LogP contribution in [0.15, 0.2) is 30.9 Å². The number of phosphoric ester groups is 1. The first-order valence-corrected chi connectivity index (χ1v) is 12.1. The van der Waals surface area contributed by atoms with Crippen LogP contribution in [0.3, 0.4) is 0 Å². The van der Waals surface area contributed by atoms with Crippen molar-refractivity contribution in [1.29, 1.82) is 0 Å². The molecule has 0 amide bonds. The number of nitrogens with zero attached hydrogens (tertiary/aromatic N) is 4. The number of ether oxygens (including phenoxy) is 2. The molecule has 4 rings (SSSR count). The third-order valence-electron chi connectivity index (χ3n) is 5.48. The molecule has 194 valence electrons. The van der Waals surface area contributed by atoms with E-state index in [-0.39, 0.29) is 41.3 Å². The summed E-state index contributed by atoms with van der Waals surface area (Å²) in [7, 11) is -3.48. The van der Waals surface area contributed by atoms with Crippen molar-refractivity contribution in [3.8, 4) is 11.5 Å². The summed E-state index contributed by atoms with van der Waals surface area (Å²) in [5.74, 6) is -0.758. The molecule has 5 atom stereocenters. The van der Waals surface area contributed by atoms with Gasteiger partial charge in [0.1, 0.15) is 30.2 Å². The number of aryl methyl sites for hydroxylation is 1. The maximum atomic E-state index is 12.2. The van der Waals surface area contributed by atoms with E-state index in [1.807, 2.05) is 0 Å². The summed E-state index contributed by atoms with van der Waals surface area (Å²) in [6, 6.07) is 4.47. The Balaban J connectivity index is 1.32. The van der Waals surface area contributed by atoms with Crippen LogP contribution in [-0.4, -0.2) is 77.7 Å². The topological polar surface area (TPSA) is 222 Å². The monoisotopic (exact) mass is 525 g/mol. The third kappa shape index (κ3) is 5.41. The minimum Gasteiger partial charge on any atom is -0.504 e. The lowest BCUT2D eigenvalue weighted by atomic mass is 10.1. The molecular formula is C20H24N5O10P. The van der Waals surface area contributed by atoms with Crippen molar-refractivity contribution >= 4 is 30.8 Å². The summed E-state index contributed by atoms with van der Waals surface area (Å²) >= 11 is 0. The van der Waals surface area contributed by atoms with Crippen LogP contribution in [0.25, 0.3) is 11.2 Å². The summed E-state index contributed by atoms with van der Waals surface area (Å²) in [6.45, 7) is -0.672. The molecule has 36 heavy (non-hydrogen) atoms. The second kappa shape index (κ2) is 10.3. The van der Waals surface area contributed by atoms with Crippen molar-refractivity contribution in [1.82, 2.24) is 19.5 Å². The number of phenols is 1. The molecule has 0 bridgehead atoms. The highest BCUT2D eigenvalue weighted by atomic mass is 31.2. The molecule has 1 fully saturated rings. The van der Waals surface area contributed by atoms with E-state index < -0.39 is 44.9 Å². The van der Waals surface area contributed by atoms with Gasteiger partial charge in [-0.15, -0.1) is 0 Å². The van der Waals surface area contributed by atoms with Gasteiger partial charge in [0.25, 0.3) is 0 Å². The minimum atomic E-state index is -4.86. The van der Waals surface area contributed by atoms with Crippen LogP contribution in [0.4, 0.5) is 5.82 Å². The quantitative estimate of drug-likeness (QED) is 0.233. The molecule has 15 nitrogen and oxygen atoms in total. The number of carbonyl (C=O) groups excluding carboxylic acids is 1. The van der Waals surface area contributed by atoms with Gasteiger partial charge in [0.05, 0.1) is 20.0 Å². The Hall–Kier alpha value is -3.33. The van der Waals surface area contributed by atoms with Crippen LogP contribution in [0.5, 0.6) is 11.5 Å². The van der Waals surface area contributed by atoms with Crippen molar-refractivity contribution in [2.24, 2.45) is 0 Å². The molecule has 2 aromatic heterocycles. The van der Waals surface area contributed by atoms with Crippen LogP contribution in [0.1, 0.15) is 18.2 Å². The number of methoxy groups -OCH3 is 1. The van der Waals surface area contributed by atoms with E-state index in [2.05, 4.69) is 19.5 Å². The number of fused-ring (bicyclic) bond motifs is 1. The number of rotatable bonds is 9. The number of aliphatic hydroxyl groups is 2. The van der Waals surface area contributed by atoms with E-state index in [4.69, 9.17) is 19.7 Å². The number of imidazole rings is 1. The first-order chi connectivity index (χ1) is 17.1. The number of aliphatic hydroxyl groups excluding tert-OH is 2. The fraction of sp³-hybridized carbons (Fsp3) is 0.400. The number of anilines is 1. The molecule has 1 aliphatic rings. The molecule has 3 heterocycles. The summed E-state index contributed by atoms with van der Waals surface area (Å²) in [5, 5.41) is 30.4. The molecule has 0 radical (unpaired) electrons. The first kappa shape index (κ1) is 25.8. The summed E-state index contributed by atoms with van der Waals surface area (Å²) in [4.78, 5) is 33.9. The molecule has 1 aliphatic heterocycles. The number of carbonyl (C=O) groups is 1. The third-order valence-corrected chi connectivity index (χ3v) is 6.39. The van der Waals surface area contributed by atoms with Crippen LogP contribution in [0, 0.1) is 0 Å². The zero-order valence-corrected chi connectivity index (χ0v) is 19.8. The highest BCUT2D eigenvalue weighted by molar-refractivity contribution is 7.48. The predicted octanol–water partition coefficient (Wildman–Crippen LogP) is 0.0349. The number of nitrogens with two attached hydrogens (primary N) is 1. The Labute approximate surface area is 203 Å². The van der Waals surface area contributed by atoms with E-state index in [0.29, 0.717) is 5.56 Å². The van der Waals surface area contributed by atoms with Gasteiger partial charge in [-0.05, 0) is 24.1 Å². The molecule has 1 unspecified atom stereocenters. The Morgan fingerprint density at radius 2 is 2.03 bits per heavy atom. The Morgan fingerprint density at radius 1 is 1.25 bits per heavy atom. The van der Waals surface area contributed by atoms with Crippen LogP contribution >= 0.6 is 7.82 Å². The normalized spacial score (nSPS) is 23.4. The highest BCUT2D eigenvalue weighted by Gasteiger charge is 2.45. The summed E-state index contributed by atoms with van der Waals surface area (Å²) in [6.07, 6.45) is -3.00. The molecule has 0 saturated carbocycles. The molecule has 6 N–H and O–H groups in total. The van der Waals surface area contributed by atoms with Gasteiger partial charge in [-0.3, -0.25) is 18.8 Å². The highest BCUT2D eigenvalue weighted by Crippen LogP contribution is 2.45. The Bertz CT molecular complexity index is 1300. The van der Waals surface area contributed by atoms with Gasteiger partial charge in [-0.2, -0.15) is 0 Å². The van der Waals surface area contributed by atoms with Gasteiger partial charge in [0.2, 0.25) is 0 Å². The van der Waals surface area contributed by atoms with Gasteiger partial charge in [0.15, 0.2) is 29.2 Å². The standard InChI is InChI=1S/C20H24N5O10P/c1-32-12-6-10(2-4-11(12)26)3-5-14(27)35-36(30,31)33-7-13-16(28)17(29)20(34-13)25-9-24-15-18(21)22-8-23-19(15)25/h2,4,6,8-9,13,16-17,20,26,28-29H,3,5,7H2,1H3,(H,30,31)(H2,21,22,23)/t13-,16-,17-,20-/m1/s1. The van der Waals surface area contributed by atoms with E-state index in [1.165, 1.54) is 36.5 Å². The molecule has 1 aromatic carbocycles. The van der Waals surface area contributed by atoms with Gasteiger partial charge in [-0.25, -0.2) is 19.5 Å². The lowest BCUT2D eigenvalue weighted by molar-refractivity contribution is -0.136. The first-order valence-electron chi connectivity index (χ1n) is 10.6. The van der Waals surface area contributed by atoms with E-state index in [1.54, 1.807) is 6.07 Å². The average molecular weight is 525 g/mol. The maximum absolute atomic E-state index is 12.2. The number of phosphoric acid groups is 1. The number of benzene rings is 1. The smallest absolute Gasteiger partial charge is 0.504 e. The number of hydrogen-bond acceptors (Lipinski definition) is 13. The molecule has 0 aliphatic carbocycles. The number of aromatic nitrogens is 4. The van der Waals surface area contributed by atoms with E-state index in [9.17, 15) is 29.6 Å². The Kier molecular flexibility index (Phi) is 7.40. The van der Waals surface area contributed by atoms with Gasteiger partial charge < -0.3 is 35.1 Å². The molecule has 16 heteroatoms. The maximum Gasteiger partial charge on any atom is 0.529 e. The van der Waals surface area contributed by atoms with Crippen LogP contribution < -0.4 is 10.5 Å². The number of nitrogen functional groups attached to an aromatic ring is 1. The summed E-state index contributed by atoms with van der Waals surface area (Å²) < 4.78 is 33.6. The van der Waals surface area contributed by atoms with E-state index in [0.717, 1.165) is 0 Å². The fourth-order valence-electron chi connectivity index (χ4n) is 3.65. The number of phenolic OH excluding ortho intramolecular Hbond substituents is 1. The van der Waals surface area contributed by atoms with Crippen molar-refractivity contribution in [3.05, 3.63) is 36.4 Å². The molecular weight excluding hydrogens is 501 g/mol.